The highest BCUT2D eigenvalue weighted by atomic mass is 15.0. The van der Waals surface area contributed by atoms with E-state index in [2.05, 4.69) is 80.8 Å². The van der Waals surface area contributed by atoms with Crippen molar-refractivity contribution in [3.05, 3.63) is 59.8 Å². The SMILES string of the molecule is CC1(C)CC(C)(C)c2c1ccc1nc3c4ccccc4ccn3c21. The maximum atomic E-state index is 5.00. The van der Waals surface area contributed by atoms with Crippen LogP contribution in [0, 0.1) is 0 Å². The van der Waals surface area contributed by atoms with Crippen molar-refractivity contribution in [2.45, 2.75) is 44.9 Å². The molecule has 0 fully saturated rings. The van der Waals surface area contributed by atoms with Crippen molar-refractivity contribution in [3.63, 3.8) is 0 Å². The third-order valence-electron chi connectivity index (χ3n) is 5.75. The number of nitrogens with zero attached hydrogens (tertiary/aromatic N) is 2. The van der Waals surface area contributed by atoms with Gasteiger partial charge in [0.2, 0.25) is 0 Å². The monoisotopic (exact) mass is 314 g/mol. The summed E-state index contributed by atoms with van der Waals surface area (Å²) in [5.41, 5.74) is 6.81. The van der Waals surface area contributed by atoms with Gasteiger partial charge in [-0.1, -0.05) is 58.0 Å². The molecule has 0 unspecified atom stereocenters. The highest BCUT2D eigenvalue weighted by Crippen LogP contribution is 2.51. The van der Waals surface area contributed by atoms with Crippen LogP contribution in [0.2, 0.25) is 0 Å². The van der Waals surface area contributed by atoms with Crippen LogP contribution in [0.4, 0.5) is 0 Å². The Morgan fingerprint density at radius 2 is 1.71 bits per heavy atom. The maximum absolute atomic E-state index is 5.00. The lowest BCUT2D eigenvalue weighted by molar-refractivity contribution is 0.404. The third-order valence-corrected chi connectivity index (χ3v) is 5.75. The first-order valence-electron chi connectivity index (χ1n) is 8.72. The van der Waals surface area contributed by atoms with Crippen LogP contribution in [-0.2, 0) is 10.8 Å². The molecular weight excluding hydrogens is 292 g/mol. The van der Waals surface area contributed by atoms with Crippen molar-refractivity contribution in [3.8, 4) is 0 Å². The Labute approximate surface area is 142 Å². The minimum Gasteiger partial charge on any atom is -0.299 e. The van der Waals surface area contributed by atoms with Crippen LogP contribution >= 0.6 is 0 Å². The molecule has 2 nitrogen and oxygen atoms in total. The molecule has 2 aromatic heterocycles. The van der Waals surface area contributed by atoms with Gasteiger partial charge in [-0.05, 0) is 45.9 Å². The molecule has 2 heterocycles. The summed E-state index contributed by atoms with van der Waals surface area (Å²) in [5, 5.41) is 2.47. The second-order valence-electron chi connectivity index (χ2n) is 8.51. The Bertz CT molecular complexity index is 1130. The lowest BCUT2D eigenvalue weighted by Crippen LogP contribution is -2.18. The van der Waals surface area contributed by atoms with Gasteiger partial charge in [-0.3, -0.25) is 4.40 Å². The van der Waals surface area contributed by atoms with E-state index in [4.69, 9.17) is 4.98 Å². The van der Waals surface area contributed by atoms with Gasteiger partial charge in [0.25, 0.3) is 0 Å². The Morgan fingerprint density at radius 1 is 0.917 bits per heavy atom. The summed E-state index contributed by atoms with van der Waals surface area (Å²) in [6, 6.07) is 15.2. The molecule has 0 amide bonds. The van der Waals surface area contributed by atoms with E-state index in [0.717, 1.165) is 11.2 Å². The summed E-state index contributed by atoms with van der Waals surface area (Å²) in [7, 11) is 0. The largest absolute Gasteiger partial charge is 0.299 e. The quantitative estimate of drug-likeness (QED) is 0.413. The second-order valence-corrected chi connectivity index (χ2v) is 8.51. The van der Waals surface area contributed by atoms with Gasteiger partial charge in [0.15, 0.2) is 0 Å². The highest BCUT2D eigenvalue weighted by Gasteiger charge is 2.43. The molecular formula is C22H22N2. The van der Waals surface area contributed by atoms with Crippen molar-refractivity contribution in [1.29, 1.82) is 0 Å². The van der Waals surface area contributed by atoms with Gasteiger partial charge in [-0.15, -0.1) is 0 Å². The second kappa shape index (κ2) is 4.18. The van der Waals surface area contributed by atoms with Crippen LogP contribution in [0.25, 0.3) is 27.5 Å². The summed E-state index contributed by atoms with van der Waals surface area (Å²) in [6.07, 6.45) is 3.37. The van der Waals surface area contributed by atoms with Gasteiger partial charge >= 0.3 is 0 Å². The molecule has 0 saturated heterocycles. The fourth-order valence-electron chi connectivity index (χ4n) is 5.06. The first kappa shape index (κ1) is 14.0. The predicted molar refractivity (Wildman–Crippen MR) is 101 cm³/mol. The third kappa shape index (κ3) is 1.64. The molecule has 1 aliphatic rings. The van der Waals surface area contributed by atoms with Gasteiger partial charge in [0, 0.05) is 11.6 Å². The van der Waals surface area contributed by atoms with Gasteiger partial charge in [0.1, 0.15) is 5.65 Å². The molecule has 5 rings (SSSR count). The normalized spacial score (nSPS) is 18.5. The van der Waals surface area contributed by atoms with E-state index in [-0.39, 0.29) is 10.8 Å². The molecule has 0 atom stereocenters. The molecule has 0 bridgehead atoms. The minimum absolute atomic E-state index is 0.167. The standard InChI is InChI=1S/C22H22N2/c1-21(2)13-22(3,4)18-16(21)9-10-17-19(18)24-12-11-14-7-5-6-8-15(14)20(24)23-17/h5-12H,13H2,1-4H3. The van der Waals surface area contributed by atoms with Crippen LogP contribution in [0.15, 0.2) is 48.7 Å². The van der Waals surface area contributed by atoms with Crippen LogP contribution < -0.4 is 0 Å². The zero-order valence-electron chi connectivity index (χ0n) is 14.7. The van der Waals surface area contributed by atoms with E-state index in [9.17, 15) is 0 Å². The molecule has 0 spiro atoms. The zero-order valence-corrected chi connectivity index (χ0v) is 14.7. The fourth-order valence-corrected chi connectivity index (χ4v) is 5.06. The van der Waals surface area contributed by atoms with E-state index < -0.39 is 0 Å². The van der Waals surface area contributed by atoms with Gasteiger partial charge in [0.05, 0.1) is 11.0 Å². The Hall–Kier alpha value is -2.35. The van der Waals surface area contributed by atoms with E-state index in [1.165, 1.54) is 33.8 Å². The summed E-state index contributed by atoms with van der Waals surface area (Å²) in [5.74, 6) is 0. The Morgan fingerprint density at radius 3 is 2.54 bits per heavy atom. The zero-order chi connectivity index (χ0) is 16.7. The number of fused-ring (bicyclic) bond motifs is 7. The number of imidazole rings is 1. The minimum atomic E-state index is 0.167. The first-order chi connectivity index (χ1) is 11.4. The number of rotatable bonds is 0. The number of hydrogen-bond acceptors (Lipinski definition) is 1. The summed E-state index contributed by atoms with van der Waals surface area (Å²) in [6.45, 7) is 9.48. The summed E-state index contributed by atoms with van der Waals surface area (Å²) in [4.78, 5) is 5.00. The fraction of sp³-hybridized carbons (Fsp3) is 0.318. The molecule has 0 N–H and O–H groups in total. The van der Waals surface area contributed by atoms with Crippen LogP contribution in [0.1, 0.15) is 45.2 Å². The molecule has 0 radical (unpaired) electrons. The van der Waals surface area contributed by atoms with Gasteiger partial charge in [-0.25, -0.2) is 4.98 Å². The molecule has 2 heteroatoms. The molecule has 4 aromatic rings. The Balaban J connectivity index is 2.02. The van der Waals surface area contributed by atoms with E-state index >= 15 is 0 Å². The molecule has 24 heavy (non-hydrogen) atoms. The van der Waals surface area contributed by atoms with Crippen molar-refractivity contribution in [2.24, 2.45) is 0 Å². The summed E-state index contributed by atoms with van der Waals surface area (Å²) >= 11 is 0. The van der Waals surface area contributed by atoms with E-state index in [1.54, 1.807) is 0 Å². The van der Waals surface area contributed by atoms with Crippen molar-refractivity contribution < 1.29 is 0 Å². The first-order valence-corrected chi connectivity index (χ1v) is 8.72. The smallest absolute Gasteiger partial charge is 0.145 e. The average Bonchev–Trinajstić information content (AvgIpc) is 2.99. The topological polar surface area (TPSA) is 17.3 Å². The average molecular weight is 314 g/mol. The lowest BCUT2D eigenvalue weighted by atomic mass is 9.82. The van der Waals surface area contributed by atoms with Crippen molar-refractivity contribution in [2.75, 3.05) is 0 Å². The maximum Gasteiger partial charge on any atom is 0.145 e. The molecule has 2 aromatic carbocycles. The predicted octanol–water partition coefficient (Wildman–Crippen LogP) is 5.60. The summed E-state index contributed by atoms with van der Waals surface area (Å²) < 4.78 is 2.31. The molecule has 120 valence electrons. The van der Waals surface area contributed by atoms with Gasteiger partial charge < -0.3 is 0 Å². The van der Waals surface area contributed by atoms with Crippen LogP contribution in [-0.4, -0.2) is 9.38 Å². The van der Waals surface area contributed by atoms with E-state index in [1.807, 2.05) is 0 Å². The van der Waals surface area contributed by atoms with Crippen molar-refractivity contribution in [1.82, 2.24) is 9.38 Å². The van der Waals surface area contributed by atoms with Gasteiger partial charge in [-0.2, -0.15) is 0 Å². The van der Waals surface area contributed by atoms with E-state index in [0.29, 0.717) is 0 Å². The molecule has 0 aliphatic heterocycles. The molecule has 1 aliphatic carbocycles. The number of benzene rings is 2. The lowest BCUT2D eigenvalue weighted by Gasteiger charge is -2.22. The molecule has 0 saturated carbocycles. The van der Waals surface area contributed by atoms with Crippen molar-refractivity contribution >= 4 is 27.5 Å². The van der Waals surface area contributed by atoms with Crippen LogP contribution in [0.3, 0.4) is 0 Å². The number of hydrogen-bond donors (Lipinski definition) is 0. The number of aromatic nitrogens is 2. The highest BCUT2D eigenvalue weighted by molar-refractivity contribution is 5.99. The Kier molecular flexibility index (Phi) is 2.45. The number of pyridine rings is 1. The van der Waals surface area contributed by atoms with Crippen LogP contribution in [0.5, 0.6) is 0 Å².